The number of rotatable bonds is 13. The number of furan rings is 4. The smallest absolute Gasteiger partial charge is 0.159 e. The minimum absolute atomic E-state index is 0.791. The first-order valence-corrected chi connectivity index (χ1v) is 44.5. The van der Waals surface area contributed by atoms with Gasteiger partial charge in [-0.2, -0.15) is 0 Å². The van der Waals surface area contributed by atoms with Gasteiger partial charge in [-0.25, -0.2) is 0 Å². The van der Waals surface area contributed by atoms with Crippen molar-refractivity contribution in [3.63, 3.8) is 0 Å². The van der Waals surface area contributed by atoms with Gasteiger partial charge in [-0.1, -0.05) is 254 Å². The lowest BCUT2D eigenvalue weighted by atomic mass is 9.97. The average molecular weight is 1650 g/mol. The monoisotopic (exact) mass is 1650 g/mol. The summed E-state index contributed by atoms with van der Waals surface area (Å²) in [7, 11) is 0. The van der Waals surface area contributed by atoms with Crippen molar-refractivity contribution in [1.82, 2.24) is 0 Å². The molecule has 126 heavy (non-hydrogen) atoms. The third-order valence-electron chi connectivity index (χ3n) is 25.9. The molecule has 0 saturated carbocycles. The van der Waals surface area contributed by atoms with E-state index in [0.29, 0.717) is 0 Å². The first-order chi connectivity index (χ1) is 62.1. The molecule has 0 atom stereocenters. The standard InChI is InChI=1S/C116H74N4O4S2/c1-67-47-53-77(54-48-67)117(93-41-19-37-87-85-35-13-15-45-101(85)121-109(87)93)97-63-73-25-5-9-31-81(73)105-106-82-32-10-6-26-74(82)64-98(114(106)125-113(97)105)118(78-55-49-68(2)50-56-78)94-42-21-39-89-91-61-71(51-57-103(91)123-111(89)94)72-52-58-104-92(62-72)90-40-22-44-96(112(90)124-104)120(80-30-18-24-70(4)60-80)100-66-76-28-8-12-34-84(76)108-107-83-33-11-7-27-75(83)65-99(115(107)126-116(100)108)119(79-29-17-23-69(3)59-79)95-43-20-38-88-86-36-14-16-46-102(86)122-110(88)95/h5-66H,1-4H3. The Kier molecular flexibility index (Phi) is 15.9. The van der Waals surface area contributed by atoms with E-state index < -0.39 is 0 Å². The van der Waals surface area contributed by atoms with E-state index in [9.17, 15) is 0 Å². The number of anilines is 12. The average Bonchev–Trinajstić information content (AvgIpc) is 1.54. The van der Waals surface area contributed by atoms with Crippen molar-refractivity contribution in [2.24, 2.45) is 0 Å². The van der Waals surface area contributed by atoms with Gasteiger partial charge in [-0.15, -0.1) is 22.7 Å². The van der Waals surface area contributed by atoms with E-state index in [2.05, 4.69) is 423 Å². The quantitative estimate of drug-likeness (QED) is 0.113. The van der Waals surface area contributed by atoms with Gasteiger partial charge in [-0.05, 0) is 226 Å². The molecule has 0 amide bonds. The third kappa shape index (κ3) is 11.0. The van der Waals surface area contributed by atoms with Crippen molar-refractivity contribution in [1.29, 1.82) is 0 Å². The molecule has 6 heterocycles. The van der Waals surface area contributed by atoms with Gasteiger partial charge in [0.05, 0.1) is 64.3 Å². The maximum Gasteiger partial charge on any atom is 0.159 e. The predicted molar refractivity (Wildman–Crippen MR) is 534 cm³/mol. The summed E-state index contributed by atoms with van der Waals surface area (Å²) in [6.07, 6.45) is 0. The zero-order chi connectivity index (χ0) is 83.3. The number of fused-ring (bicyclic) bond motifs is 26. The van der Waals surface area contributed by atoms with Crippen LogP contribution >= 0.6 is 22.7 Å². The van der Waals surface area contributed by atoms with Crippen LogP contribution in [0.2, 0.25) is 0 Å². The minimum Gasteiger partial charge on any atom is -0.454 e. The molecular formula is C116H74N4O4S2. The molecule has 0 aliphatic carbocycles. The maximum absolute atomic E-state index is 7.38. The van der Waals surface area contributed by atoms with Crippen LogP contribution in [0.1, 0.15) is 22.3 Å². The third-order valence-corrected chi connectivity index (χ3v) is 28.4. The second kappa shape index (κ2) is 27.9. The Balaban J connectivity index is 0.638. The Morgan fingerprint density at radius 2 is 0.452 bits per heavy atom. The fraction of sp³-hybridized carbons (Fsp3) is 0.0345. The van der Waals surface area contributed by atoms with Crippen LogP contribution in [-0.2, 0) is 0 Å². The highest BCUT2D eigenvalue weighted by Crippen LogP contribution is 2.59. The maximum atomic E-state index is 7.38. The SMILES string of the molecule is Cc1ccc(N(c2cccc3c2oc2ccccc23)c2cc3ccccc3c3c2sc2c(N(c4ccc(C)cc4)c4cccc5c4oc4ccc(-c6ccc7oc8c(N(c9cccc(C)c9)c9cc%10ccccc%10c%10c9sc9c(N(c%11cccc(C)c%11)c%11cccc%12c%11oc%11ccccc%11%12)cc%11ccccc%11c9%10)cccc8c7c6)cc45)cc4ccccc4c23)cc1. The van der Waals surface area contributed by atoms with E-state index >= 15 is 0 Å². The summed E-state index contributed by atoms with van der Waals surface area (Å²) in [5, 5.41) is 22.5. The fourth-order valence-corrected chi connectivity index (χ4v) is 22.9. The summed E-state index contributed by atoms with van der Waals surface area (Å²) in [5.41, 5.74) is 25.5. The molecule has 0 bridgehead atoms. The molecule has 0 aliphatic heterocycles. The number of hydrogen-bond donors (Lipinski definition) is 0. The van der Waals surface area contributed by atoms with Gasteiger partial charge < -0.3 is 37.3 Å². The number of para-hydroxylation sites is 6. The van der Waals surface area contributed by atoms with Crippen LogP contribution < -0.4 is 19.6 Å². The predicted octanol–water partition coefficient (Wildman–Crippen LogP) is 35.4. The number of thiophene rings is 2. The Labute approximate surface area is 731 Å². The normalized spacial score (nSPS) is 12.1. The van der Waals surface area contributed by atoms with Crippen molar-refractivity contribution in [3.8, 4) is 11.1 Å². The molecule has 26 aromatic rings. The fourth-order valence-electron chi connectivity index (χ4n) is 20.2. The highest BCUT2D eigenvalue weighted by atomic mass is 32.1. The zero-order valence-corrected chi connectivity index (χ0v) is 70.7. The summed E-state index contributed by atoms with van der Waals surface area (Å²) in [6, 6.07) is 138. The van der Waals surface area contributed by atoms with E-state index in [-0.39, 0.29) is 0 Å². The summed E-state index contributed by atoms with van der Waals surface area (Å²) < 4.78 is 33.3. The van der Waals surface area contributed by atoms with Crippen LogP contribution in [0.5, 0.6) is 0 Å². The molecule has 0 saturated heterocycles. The lowest BCUT2D eigenvalue weighted by molar-refractivity contribution is 0.668. The molecule has 0 unspecified atom stereocenters. The van der Waals surface area contributed by atoms with E-state index in [1.807, 2.05) is 22.7 Å². The van der Waals surface area contributed by atoms with Crippen molar-refractivity contribution in [3.05, 3.63) is 398 Å². The number of benzene rings is 20. The van der Waals surface area contributed by atoms with Gasteiger partial charge >= 0.3 is 0 Å². The number of hydrogen-bond acceptors (Lipinski definition) is 10. The lowest BCUT2D eigenvalue weighted by Crippen LogP contribution is -2.10. The molecule has 0 radical (unpaired) electrons. The molecule has 20 aromatic carbocycles. The highest BCUT2D eigenvalue weighted by molar-refractivity contribution is 7.28. The van der Waals surface area contributed by atoms with E-state index in [0.717, 1.165) is 219 Å². The molecule has 0 spiro atoms. The van der Waals surface area contributed by atoms with E-state index in [4.69, 9.17) is 17.7 Å². The number of nitrogens with zero attached hydrogens (tertiary/aromatic N) is 4. The van der Waals surface area contributed by atoms with Gasteiger partial charge in [0.15, 0.2) is 22.3 Å². The van der Waals surface area contributed by atoms with Crippen LogP contribution in [-0.4, -0.2) is 0 Å². The van der Waals surface area contributed by atoms with Crippen LogP contribution in [0.3, 0.4) is 0 Å². The Morgan fingerprint density at radius 1 is 0.183 bits per heavy atom. The van der Waals surface area contributed by atoms with Crippen molar-refractivity contribution in [2.45, 2.75) is 27.7 Å². The Morgan fingerprint density at radius 3 is 0.778 bits per heavy atom. The number of aryl methyl sites for hydroxylation is 4. The molecule has 0 aliphatic rings. The first kappa shape index (κ1) is 72.0. The Bertz CT molecular complexity index is 9100. The van der Waals surface area contributed by atoms with Crippen molar-refractivity contribution >= 4 is 262 Å². The molecule has 0 N–H and O–H groups in total. The van der Waals surface area contributed by atoms with E-state index in [1.165, 1.54) is 54.2 Å². The van der Waals surface area contributed by atoms with Gasteiger partial charge in [-0.3, -0.25) is 0 Å². The van der Waals surface area contributed by atoms with Crippen LogP contribution in [0.4, 0.5) is 68.2 Å². The molecule has 0 fully saturated rings. The summed E-state index contributed by atoms with van der Waals surface area (Å²) >= 11 is 3.71. The van der Waals surface area contributed by atoms with Crippen LogP contribution in [0, 0.1) is 27.7 Å². The van der Waals surface area contributed by atoms with Crippen LogP contribution in [0.15, 0.2) is 394 Å². The molecule has 8 nitrogen and oxygen atoms in total. The van der Waals surface area contributed by atoms with E-state index in [1.54, 1.807) is 0 Å². The van der Waals surface area contributed by atoms with Crippen molar-refractivity contribution < 1.29 is 17.7 Å². The van der Waals surface area contributed by atoms with Gasteiger partial charge in [0.2, 0.25) is 0 Å². The Hall–Kier alpha value is -15.7. The van der Waals surface area contributed by atoms with Crippen LogP contribution in [0.25, 0.3) is 182 Å². The second-order valence-electron chi connectivity index (χ2n) is 33.6. The molecule has 26 rings (SSSR count). The van der Waals surface area contributed by atoms with Gasteiger partial charge in [0.1, 0.15) is 22.3 Å². The molecule has 10 heteroatoms. The van der Waals surface area contributed by atoms with Gasteiger partial charge in [0.25, 0.3) is 0 Å². The molecule has 6 aromatic heterocycles. The zero-order valence-electron chi connectivity index (χ0n) is 69.0. The topological polar surface area (TPSA) is 65.5 Å². The molecule has 594 valence electrons. The van der Waals surface area contributed by atoms with Gasteiger partial charge in [0, 0.05) is 87.4 Å². The van der Waals surface area contributed by atoms with Crippen molar-refractivity contribution in [2.75, 3.05) is 19.6 Å². The summed E-state index contributed by atoms with van der Waals surface area (Å²) in [5.74, 6) is 0. The summed E-state index contributed by atoms with van der Waals surface area (Å²) in [6.45, 7) is 8.67. The second-order valence-corrected chi connectivity index (χ2v) is 35.7. The summed E-state index contributed by atoms with van der Waals surface area (Å²) in [4.78, 5) is 9.78. The minimum atomic E-state index is 0.791. The largest absolute Gasteiger partial charge is 0.454 e. The lowest BCUT2D eigenvalue weighted by Gasteiger charge is -2.27. The highest BCUT2D eigenvalue weighted by Gasteiger charge is 2.33. The molecular weight excluding hydrogens is 1580 g/mol. The first-order valence-electron chi connectivity index (χ1n) is 42.9.